The van der Waals surface area contributed by atoms with Crippen LogP contribution in [0.3, 0.4) is 0 Å². The molecule has 0 aliphatic carbocycles. The summed E-state index contributed by atoms with van der Waals surface area (Å²) in [5.41, 5.74) is 2.38. The summed E-state index contributed by atoms with van der Waals surface area (Å²) in [5.74, 6) is 0.216. The number of amides is 1. The Morgan fingerprint density at radius 1 is 1.17 bits per heavy atom. The third kappa shape index (κ3) is 3.57. The zero-order valence-corrected chi connectivity index (χ0v) is 13.9. The number of fused-ring (bicyclic) bond motifs is 1. The fraction of sp³-hybridized carbons (Fsp3) is 0.611. The van der Waals surface area contributed by atoms with E-state index in [2.05, 4.69) is 28.0 Å². The van der Waals surface area contributed by atoms with Crippen LogP contribution >= 0.6 is 0 Å². The number of carbonyl (C=O) groups excluding carboxylic acids is 1. The fourth-order valence-electron chi connectivity index (χ4n) is 3.66. The molecule has 2 aliphatic rings. The van der Waals surface area contributed by atoms with Gasteiger partial charge in [-0.1, -0.05) is 18.2 Å². The molecule has 1 atom stereocenters. The first-order chi connectivity index (χ1) is 11.2. The Morgan fingerprint density at radius 3 is 2.65 bits per heavy atom. The van der Waals surface area contributed by atoms with Crippen LogP contribution in [0.15, 0.2) is 24.3 Å². The minimum atomic E-state index is -0.0857. The SMILES string of the molecule is CC(C(=O)N1CCCc2ccccc21)N1CCN(CCO)CC1. The molecule has 0 radical (unpaired) electrons. The minimum Gasteiger partial charge on any atom is -0.395 e. The molecule has 1 fully saturated rings. The second-order valence-corrected chi connectivity index (χ2v) is 6.50. The monoisotopic (exact) mass is 317 g/mol. The third-order valence-corrected chi connectivity index (χ3v) is 5.10. The van der Waals surface area contributed by atoms with Crippen molar-refractivity contribution in [3.05, 3.63) is 29.8 Å². The molecule has 1 aromatic rings. The normalized spacial score (nSPS) is 21.0. The second kappa shape index (κ2) is 7.43. The zero-order valence-electron chi connectivity index (χ0n) is 13.9. The highest BCUT2D eigenvalue weighted by molar-refractivity contribution is 5.98. The van der Waals surface area contributed by atoms with Crippen molar-refractivity contribution >= 4 is 11.6 Å². The quantitative estimate of drug-likeness (QED) is 0.899. The smallest absolute Gasteiger partial charge is 0.244 e. The fourth-order valence-corrected chi connectivity index (χ4v) is 3.66. The van der Waals surface area contributed by atoms with Crippen molar-refractivity contribution in [2.45, 2.75) is 25.8 Å². The lowest BCUT2D eigenvalue weighted by atomic mass is 10.0. The Labute approximate surface area is 138 Å². The molecule has 1 saturated heterocycles. The zero-order chi connectivity index (χ0) is 16.2. The van der Waals surface area contributed by atoms with Crippen LogP contribution in [0, 0.1) is 0 Å². The molecular formula is C18H27N3O2. The summed E-state index contributed by atoms with van der Waals surface area (Å²) in [6.45, 7) is 7.43. The summed E-state index contributed by atoms with van der Waals surface area (Å²) in [5, 5.41) is 9.03. The largest absolute Gasteiger partial charge is 0.395 e. The lowest BCUT2D eigenvalue weighted by Gasteiger charge is -2.39. The Balaban J connectivity index is 1.65. The predicted octanol–water partition coefficient (Wildman–Crippen LogP) is 0.964. The van der Waals surface area contributed by atoms with Gasteiger partial charge in [0.1, 0.15) is 0 Å². The minimum absolute atomic E-state index is 0.0857. The van der Waals surface area contributed by atoms with E-state index in [-0.39, 0.29) is 18.6 Å². The Bertz CT molecular complexity index is 541. The summed E-state index contributed by atoms with van der Waals surface area (Å²) in [6.07, 6.45) is 2.11. The number of aliphatic hydroxyl groups is 1. The number of nitrogens with zero attached hydrogens (tertiary/aromatic N) is 3. The number of hydrogen-bond acceptors (Lipinski definition) is 4. The summed E-state index contributed by atoms with van der Waals surface area (Å²) >= 11 is 0. The van der Waals surface area contributed by atoms with E-state index in [4.69, 9.17) is 5.11 Å². The van der Waals surface area contributed by atoms with Gasteiger partial charge in [0.2, 0.25) is 5.91 Å². The van der Waals surface area contributed by atoms with Gasteiger partial charge in [-0.15, -0.1) is 0 Å². The highest BCUT2D eigenvalue weighted by Gasteiger charge is 2.31. The van der Waals surface area contributed by atoms with Gasteiger partial charge < -0.3 is 10.0 Å². The Kier molecular flexibility index (Phi) is 5.30. The molecule has 0 saturated carbocycles. The molecule has 1 unspecified atom stereocenters. The standard InChI is InChI=1S/C18H27N3O2/c1-15(20-11-9-19(10-12-20)13-14-22)18(23)21-8-4-6-16-5-2-3-7-17(16)21/h2-3,5,7,15,22H,4,6,8-14H2,1H3. The van der Waals surface area contributed by atoms with Crippen LogP contribution in [0.25, 0.3) is 0 Å². The van der Waals surface area contributed by atoms with Gasteiger partial charge in [-0.05, 0) is 31.4 Å². The molecule has 2 aliphatic heterocycles. The number of aliphatic hydroxyl groups excluding tert-OH is 1. The van der Waals surface area contributed by atoms with Crippen molar-refractivity contribution in [1.29, 1.82) is 0 Å². The number of piperazine rings is 1. The maximum atomic E-state index is 13.0. The Morgan fingerprint density at radius 2 is 1.91 bits per heavy atom. The van der Waals surface area contributed by atoms with Crippen molar-refractivity contribution in [1.82, 2.24) is 9.80 Å². The molecule has 1 amide bonds. The summed E-state index contributed by atoms with van der Waals surface area (Å²) < 4.78 is 0. The van der Waals surface area contributed by atoms with Crippen molar-refractivity contribution in [2.24, 2.45) is 0 Å². The van der Waals surface area contributed by atoms with Crippen LogP contribution in [0.5, 0.6) is 0 Å². The van der Waals surface area contributed by atoms with Crippen molar-refractivity contribution in [3.8, 4) is 0 Å². The van der Waals surface area contributed by atoms with Gasteiger partial charge in [-0.3, -0.25) is 14.6 Å². The number of benzene rings is 1. The average Bonchev–Trinajstić information content (AvgIpc) is 2.61. The van der Waals surface area contributed by atoms with E-state index >= 15 is 0 Å². The third-order valence-electron chi connectivity index (χ3n) is 5.10. The predicted molar refractivity (Wildman–Crippen MR) is 91.7 cm³/mol. The average molecular weight is 317 g/mol. The molecule has 0 bridgehead atoms. The molecule has 1 N–H and O–H groups in total. The lowest BCUT2D eigenvalue weighted by molar-refractivity contribution is -0.124. The van der Waals surface area contributed by atoms with E-state index < -0.39 is 0 Å². The van der Waals surface area contributed by atoms with Crippen LogP contribution in [0.2, 0.25) is 0 Å². The van der Waals surface area contributed by atoms with E-state index in [1.54, 1.807) is 0 Å². The number of para-hydroxylation sites is 1. The van der Waals surface area contributed by atoms with E-state index in [1.165, 1.54) is 5.56 Å². The lowest BCUT2D eigenvalue weighted by Crippen LogP contribution is -2.55. The van der Waals surface area contributed by atoms with Crippen LogP contribution in [-0.2, 0) is 11.2 Å². The number of β-amino-alcohol motifs (C(OH)–C–C–N with tert-alkyl or cyclic N) is 1. The van der Waals surface area contributed by atoms with E-state index in [1.807, 2.05) is 17.9 Å². The molecule has 0 spiro atoms. The Hall–Kier alpha value is -1.43. The number of rotatable bonds is 4. The number of carbonyl (C=O) groups is 1. The van der Waals surface area contributed by atoms with Gasteiger partial charge in [-0.2, -0.15) is 0 Å². The number of anilines is 1. The highest BCUT2D eigenvalue weighted by atomic mass is 16.3. The maximum absolute atomic E-state index is 13.0. The van der Waals surface area contributed by atoms with Crippen LogP contribution < -0.4 is 4.90 Å². The summed E-state index contributed by atoms with van der Waals surface area (Å²) in [6, 6.07) is 8.18. The van der Waals surface area contributed by atoms with Gasteiger partial charge in [0, 0.05) is 45.0 Å². The van der Waals surface area contributed by atoms with E-state index in [0.717, 1.165) is 57.8 Å². The van der Waals surface area contributed by atoms with Crippen molar-refractivity contribution < 1.29 is 9.90 Å². The van der Waals surface area contributed by atoms with E-state index in [0.29, 0.717) is 0 Å². The van der Waals surface area contributed by atoms with Gasteiger partial charge in [0.25, 0.3) is 0 Å². The molecule has 23 heavy (non-hydrogen) atoms. The van der Waals surface area contributed by atoms with Gasteiger partial charge in [0.05, 0.1) is 12.6 Å². The first-order valence-corrected chi connectivity index (χ1v) is 8.67. The second-order valence-electron chi connectivity index (χ2n) is 6.50. The molecule has 1 aromatic carbocycles. The molecule has 5 heteroatoms. The van der Waals surface area contributed by atoms with Crippen LogP contribution in [0.4, 0.5) is 5.69 Å². The van der Waals surface area contributed by atoms with Crippen LogP contribution in [0.1, 0.15) is 18.9 Å². The number of aryl methyl sites for hydroxylation is 1. The van der Waals surface area contributed by atoms with Gasteiger partial charge in [0.15, 0.2) is 0 Å². The van der Waals surface area contributed by atoms with Crippen molar-refractivity contribution in [3.63, 3.8) is 0 Å². The maximum Gasteiger partial charge on any atom is 0.244 e. The first-order valence-electron chi connectivity index (χ1n) is 8.67. The summed E-state index contributed by atoms with van der Waals surface area (Å²) in [7, 11) is 0. The van der Waals surface area contributed by atoms with Crippen molar-refractivity contribution in [2.75, 3.05) is 50.8 Å². The first kappa shape index (κ1) is 16.4. The van der Waals surface area contributed by atoms with Gasteiger partial charge >= 0.3 is 0 Å². The molecule has 5 nitrogen and oxygen atoms in total. The number of hydrogen-bond donors (Lipinski definition) is 1. The summed E-state index contributed by atoms with van der Waals surface area (Å²) in [4.78, 5) is 19.5. The molecule has 2 heterocycles. The topological polar surface area (TPSA) is 47.0 Å². The molecule has 126 valence electrons. The highest BCUT2D eigenvalue weighted by Crippen LogP contribution is 2.27. The van der Waals surface area contributed by atoms with Gasteiger partial charge in [-0.25, -0.2) is 0 Å². The van der Waals surface area contributed by atoms with E-state index in [9.17, 15) is 4.79 Å². The molecule has 0 aromatic heterocycles. The van der Waals surface area contributed by atoms with Crippen LogP contribution in [-0.4, -0.2) is 72.7 Å². The molecular weight excluding hydrogens is 290 g/mol. The molecule has 3 rings (SSSR count).